The van der Waals surface area contributed by atoms with Gasteiger partial charge in [-0.05, 0) is 13.0 Å². The van der Waals surface area contributed by atoms with Crippen molar-refractivity contribution in [1.82, 2.24) is 10.6 Å². The van der Waals surface area contributed by atoms with E-state index >= 15 is 0 Å². The molecule has 0 bridgehead atoms. The van der Waals surface area contributed by atoms with E-state index in [9.17, 15) is 4.79 Å². The summed E-state index contributed by atoms with van der Waals surface area (Å²) in [4.78, 5) is 10.1. The number of carboxylic acids is 1. The third kappa shape index (κ3) is 11.3. The van der Waals surface area contributed by atoms with Crippen LogP contribution in [-0.4, -0.2) is 43.8 Å². The van der Waals surface area contributed by atoms with Crippen LogP contribution in [0.4, 0.5) is 0 Å². The second-order valence-electron chi connectivity index (χ2n) is 2.79. The van der Waals surface area contributed by atoms with Crippen molar-refractivity contribution in [3.8, 4) is 0 Å². The summed E-state index contributed by atoms with van der Waals surface area (Å²) in [5.41, 5.74) is 5.28. The van der Waals surface area contributed by atoms with Crippen LogP contribution in [-0.2, 0) is 4.79 Å². The van der Waals surface area contributed by atoms with Crippen LogP contribution in [0.5, 0.6) is 0 Å². The number of hydrogen-bond acceptors (Lipinski definition) is 4. The quantitative estimate of drug-likeness (QED) is 0.349. The van der Waals surface area contributed by atoms with Crippen molar-refractivity contribution in [2.75, 3.05) is 32.7 Å². The third-order valence-corrected chi connectivity index (χ3v) is 1.54. The molecule has 0 aromatic rings. The van der Waals surface area contributed by atoms with Crippen LogP contribution < -0.4 is 16.4 Å². The van der Waals surface area contributed by atoms with Gasteiger partial charge in [-0.1, -0.05) is 0 Å². The molecule has 0 radical (unpaired) electrons. The Hall–Kier alpha value is -0.650. The lowest BCUT2D eigenvalue weighted by Crippen LogP contribution is -2.31. The first kappa shape index (κ1) is 12.3. The fraction of sp³-hybridized carbons (Fsp3) is 0.875. The van der Waals surface area contributed by atoms with E-state index in [0.29, 0.717) is 13.0 Å². The van der Waals surface area contributed by atoms with Gasteiger partial charge in [-0.25, -0.2) is 0 Å². The summed E-state index contributed by atoms with van der Waals surface area (Å²) in [6.07, 6.45) is 0.926. The lowest BCUT2D eigenvalue weighted by atomic mass is 10.3. The summed E-state index contributed by atoms with van der Waals surface area (Å²) < 4.78 is 0. The summed E-state index contributed by atoms with van der Waals surface area (Å²) in [5.74, 6) is -0.733. The molecule has 0 saturated carbocycles. The van der Waals surface area contributed by atoms with Crippen molar-refractivity contribution in [3.05, 3.63) is 0 Å². The lowest BCUT2D eigenvalue weighted by molar-refractivity contribution is -0.137. The normalized spacial score (nSPS) is 10.2. The molecule has 78 valence electrons. The van der Waals surface area contributed by atoms with Crippen molar-refractivity contribution >= 4 is 5.97 Å². The molecule has 5 nitrogen and oxygen atoms in total. The van der Waals surface area contributed by atoms with Crippen LogP contribution in [0.1, 0.15) is 12.8 Å². The maximum absolute atomic E-state index is 10.1. The average Bonchev–Trinajstić information content (AvgIpc) is 2.09. The number of hydrogen-bond donors (Lipinski definition) is 4. The Morgan fingerprint density at radius 1 is 1.15 bits per heavy atom. The molecule has 0 rings (SSSR count). The molecule has 0 aliphatic heterocycles. The van der Waals surface area contributed by atoms with Gasteiger partial charge in [0.25, 0.3) is 0 Å². The highest BCUT2D eigenvalue weighted by atomic mass is 16.4. The molecule has 5 heteroatoms. The Labute approximate surface area is 78.7 Å². The van der Waals surface area contributed by atoms with Gasteiger partial charge < -0.3 is 21.5 Å². The largest absolute Gasteiger partial charge is 0.481 e. The number of carbonyl (C=O) groups is 1. The van der Waals surface area contributed by atoms with Crippen molar-refractivity contribution < 1.29 is 9.90 Å². The molecule has 0 aliphatic rings. The zero-order chi connectivity index (χ0) is 9.94. The van der Waals surface area contributed by atoms with Gasteiger partial charge in [0, 0.05) is 32.6 Å². The zero-order valence-electron chi connectivity index (χ0n) is 7.88. The molecule has 0 unspecified atom stereocenters. The average molecular weight is 189 g/mol. The summed E-state index contributed by atoms with van der Waals surface area (Å²) >= 11 is 0. The summed E-state index contributed by atoms with van der Waals surface area (Å²) in [6, 6.07) is 0. The Kier molecular flexibility index (Phi) is 8.97. The van der Waals surface area contributed by atoms with Gasteiger partial charge in [0.15, 0.2) is 0 Å². The van der Waals surface area contributed by atoms with E-state index in [0.717, 1.165) is 26.2 Å². The predicted octanol–water partition coefficient (Wildman–Crippen LogP) is -1.01. The molecule has 5 N–H and O–H groups in total. The molecule has 0 heterocycles. The van der Waals surface area contributed by atoms with Crippen molar-refractivity contribution in [3.63, 3.8) is 0 Å². The first-order chi connectivity index (χ1) is 6.27. The molecule has 0 aromatic carbocycles. The lowest BCUT2D eigenvalue weighted by Gasteiger charge is -2.04. The van der Waals surface area contributed by atoms with Crippen LogP contribution in [0.25, 0.3) is 0 Å². The monoisotopic (exact) mass is 189 g/mol. The number of carboxylic acid groups (broad SMARTS) is 1. The van der Waals surface area contributed by atoms with E-state index in [-0.39, 0.29) is 6.42 Å². The first-order valence-electron chi connectivity index (χ1n) is 4.60. The number of nitrogens with two attached hydrogens (primary N) is 1. The van der Waals surface area contributed by atoms with Crippen molar-refractivity contribution in [2.45, 2.75) is 12.8 Å². The molecule has 0 aromatic heterocycles. The first-order valence-corrected chi connectivity index (χ1v) is 4.60. The molecule has 0 amide bonds. The number of nitrogens with one attached hydrogen (secondary N) is 2. The van der Waals surface area contributed by atoms with Gasteiger partial charge in [0.1, 0.15) is 0 Å². The molecular weight excluding hydrogens is 170 g/mol. The molecule has 0 spiro atoms. The van der Waals surface area contributed by atoms with Crippen molar-refractivity contribution in [1.29, 1.82) is 0 Å². The van der Waals surface area contributed by atoms with Crippen LogP contribution in [0.2, 0.25) is 0 Å². The highest BCUT2D eigenvalue weighted by Crippen LogP contribution is 1.84. The van der Waals surface area contributed by atoms with Gasteiger partial charge in [0.05, 0.1) is 0 Å². The Morgan fingerprint density at radius 3 is 2.31 bits per heavy atom. The highest BCUT2D eigenvalue weighted by molar-refractivity contribution is 5.66. The van der Waals surface area contributed by atoms with Crippen molar-refractivity contribution in [2.24, 2.45) is 5.73 Å². The van der Waals surface area contributed by atoms with Gasteiger partial charge >= 0.3 is 5.97 Å². The van der Waals surface area contributed by atoms with Crippen LogP contribution in [0.15, 0.2) is 0 Å². The minimum atomic E-state index is -0.733. The fourth-order valence-electron chi connectivity index (χ4n) is 0.893. The zero-order valence-corrected chi connectivity index (χ0v) is 7.88. The number of rotatable bonds is 9. The maximum Gasteiger partial charge on any atom is 0.303 e. The van der Waals surface area contributed by atoms with Gasteiger partial charge in [-0.3, -0.25) is 4.79 Å². The van der Waals surface area contributed by atoms with E-state index < -0.39 is 5.97 Å². The minimum Gasteiger partial charge on any atom is -0.481 e. The summed E-state index contributed by atoms with van der Waals surface area (Å²) in [7, 11) is 0. The van der Waals surface area contributed by atoms with E-state index in [1.165, 1.54) is 0 Å². The Balaban J connectivity index is 2.87. The number of aliphatic carboxylic acids is 1. The third-order valence-electron chi connectivity index (χ3n) is 1.54. The van der Waals surface area contributed by atoms with Gasteiger partial charge in [0.2, 0.25) is 0 Å². The van der Waals surface area contributed by atoms with E-state index in [1.54, 1.807) is 0 Å². The predicted molar refractivity (Wildman–Crippen MR) is 51.7 cm³/mol. The van der Waals surface area contributed by atoms with Crippen LogP contribution >= 0.6 is 0 Å². The molecular formula is C8H19N3O2. The van der Waals surface area contributed by atoms with E-state index in [2.05, 4.69) is 10.6 Å². The Morgan fingerprint density at radius 2 is 1.77 bits per heavy atom. The highest BCUT2D eigenvalue weighted by Gasteiger charge is 1.94. The second-order valence-corrected chi connectivity index (χ2v) is 2.79. The molecule has 0 fully saturated rings. The molecule has 0 atom stereocenters. The minimum absolute atomic E-state index is 0.239. The fourth-order valence-corrected chi connectivity index (χ4v) is 0.893. The SMILES string of the molecule is NCCNCCNCCCC(=O)O. The summed E-state index contributed by atoms with van der Waals surface area (Å²) in [6.45, 7) is 3.98. The molecule has 13 heavy (non-hydrogen) atoms. The van der Waals surface area contributed by atoms with Crippen LogP contribution in [0, 0.1) is 0 Å². The second kappa shape index (κ2) is 9.44. The smallest absolute Gasteiger partial charge is 0.303 e. The Bertz CT molecular complexity index is 131. The summed E-state index contributed by atoms with van der Waals surface area (Å²) in [5, 5.41) is 14.6. The van der Waals surface area contributed by atoms with E-state index in [4.69, 9.17) is 10.8 Å². The van der Waals surface area contributed by atoms with E-state index in [1.807, 2.05) is 0 Å². The van der Waals surface area contributed by atoms with Crippen LogP contribution in [0.3, 0.4) is 0 Å². The molecule has 0 saturated heterocycles. The topological polar surface area (TPSA) is 87.4 Å². The van der Waals surface area contributed by atoms with Gasteiger partial charge in [-0.2, -0.15) is 0 Å². The molecule has 0 aliphatic carbocycles. The van der Waals surface area contributed by atoms with Gasteiger partial charge in [-0.15, -0.1) is 0 Å². The standard InChI is InChI=1S/C8H19N3O2/c9-3-5-11-7-6-10-4-1-2-8(12)13/h10-11H,1-7,9H2,(H,12,13). The maximum atomic E-state index is 10.1.